The maximum absolute atomic E-state index is 12.1. The number of aromatic amines is 1. The Morgan fingerprint density at radius 1 is 1.41 bits per heavy atom. The third-order valence-corrected chi connectivity index (χ3v) is 3.24. The monoisotopic (exact) mass is 299 g/mol. The molecule has 0 aliphatic heterocycles. The highest BCUT2D eigenvalue weighted by Crippen LogP contribution is 2.21. The van der Waals surface area contributed by atoms with Gasteiger partial charge >= 0.3 is 0 Å². The quantitative estimate of drug-likeness (QED) is 0.724. The highest BCUT2D eigenvalue weighted by atomic mass is 16.5. The van der Waals surface area contributed by atoms with Crippen LogP contribution in [-0.2, 0) is 6.54 Å². The normalized spacial score (nSPS) is 10.8. The van der Waals surface area contributed by atoms with Gasteiger partial charge in [0, 0.05) is 17.4 Å². The van der Waals surface area contributed by atoms with E-state index in [1.54, 1.807) is 11.0 Å². The van der Waals surface area contributed by atoms with Crippen molar-refractivity contribution in [2.24, 2.45) is 0 Å². The number of benzene rings is 1. The molecular weight excluding hydrogens is 282 g/mol. The molecule has 0 bridgehead atoms. The number of amides is 1. The van der Waals surface area contributed by atoms with E-state index in [1.807, 2.05) is 31.2 Å². The van der Waals surface area contributed by atoms with Crippen LogP contribution in [0.4, 0.5) is 0 Å². The van der Waals surface area contributed by atoms with Crippen LogP contribution in [0.25, 0.3) is 10.9 Å². The molecule has 1 amide bonds. The van der Waals surface area contributed by atoms with Crippen molar-refractivity contribution in [2.45, 2.75) is 13.5 Å². The number of fused-ring (bicyclic) bond motifs is 1. The van der Waals surface area contributed by atoms with Crippen molar-refractivity contribution in [3.05, 3.63) is 42.6 Å². The van der Waals surface area contributed by atoms with E-state index in [9.17, 15) is 4.79 Å². The number of nitrogens with one attached hydrogen (secondary N) is 2. The van der Waals surface area contributed by atoms with Gasteiger partial charge < -0.3 is 15.0 Å². The molecular formula is C15H17N5O2. The van der Waals surface area contributed by atoms with Crippen LogP contribution in [-0.4, -0.2) is 38.8 Å². The maximum atomic E-state index is 12.1. The number of nitrogens with zero attached hydrogens (tertiary/aromatic N) is 3. The Balaban J connectivity index is 1.65. The molecule has 7 heteroatoms. The number of carbonyl (C=O) groups excluding carboxylic acids is 1. The zero-order valence-corrected chi connectivity index (χ0v) is 12.2. The van der Waals surface area contributed by atoms with E-state index in [1.165, 1.54) is 6.33 Å². The minimum Gasteiger partial charge on any atom is -0.494 e. The Morgan fingerprint density at radius 3 is 3.09 bits per heavy atom. The van der Waals surface area contributed by atoms with Gasteiger partial charge in [0.25, 0.3) is 5.91 Å². The fourth-order valence-corrected chi connectivity index (χ4v) is 2.22. The Bertz CT molecular complexity index is 763. The SMILES string of the molecule is CCOc1ccc2[nH]c(C(=O)NCCn3cncn3)cc2c1. The van der Waals surface area contributed by atoms with Gasteiger partial charge in [-0.2, -0.15) is 5.10 Å². The van der Waals surface area contributed by atoms with E-state index in [-0.39, 0.29) is 5.91 Å². The second kappa shape index (κ2) is 6.30. The zero-order chi connectivity index (χ0) is 15.4. The van der Waals surface area contributed by atoms with Crippen LogP contribution >= 0.6 is 0 Å². The second-order valence-corrected chi connectivity index (χ2v) is 4.78. The van der Waals surface area contributed by atoms with Crippen LogP contribution in [0, 0.1) is 0 Å². The van der Waals surface area contributed by atoms with Gasteiger partial charge in [-0.25, -0.2) is 4.98 Å². The summed E-state index contributed by atoms with van der Waals surface area (Å²) in [5, 5.41) is 7.78. The zero-order valence-electron chi connectivity index (χ0n) is 12.2. The summed E-state index contributed by atoms with van der Waals surface area (Å²) in [6, 6.07) is 7.53. The third-order valence-electron chi connectivity index (χ3n) is 3.24. The molecule has 0 unspecified atom stereocenters. The molecule has 1 aromatic carbocycles. The summed E-state index contributed by atoms with van der Waals surface area (Å²) in [5.41, 5.74) is 1.44. The molecule has 22 heavy (non-hydrogen) atoms. The van der Waals surface area contributed by atoms with Gasteiger partial charge in [-0.05, 0) is 31.2 Å². The lowest BCUT2D eigenvalue weighted by atomic mass is 10.2. The molecule has 0 aliphatic carbocycles. The first-order valence-corrected chi connectivity index (χ1v) is 7.12. The average molecular weight is 299 g/mol. The van der Waals surface area contributed by atoms with Gasteiger partial charge in [0.2, 0.25) is 0 Å². The predicted molar refractivity (Wildman–Crippen MR) is 81.8 cm³/mol. The van der Waals surface area contributed by atoms with Crippen molar-refractivity contribution in [1.29, 1.82) is 0 Å². The average Bonchev–Trinajstić information content (AvgIpc) is 3.16. The van der Waals surface area contributed by atoms with Gasteiger partial charge in [-0.1, -0.05) is 0 Å². The topological polar surface area (TPSA) is 84.8 Å². The van der Waals surface area contributed by atoms with Crippen LogP contribution in [0.3, 0.4) is 0 Å². The Kier molecular flexibility index (Phi) is 4.04. The predicted octanol–water partition coefficient (Wildman–Crippen LogP) is 1.59. The van der Waals surface area contributed by atoms with Crippen molar-refractivity contribution in [3.63, 3.8) is 0 Å². The first-order chi connectivity index (χ1) is 10.8. The van der Waals surface area contributed by atoms with Crippen LogP contribution in [0.15, 0.2) is 36.9 Å². The summed E-state index contributed by atoms with van der Waals surface area (Å²) < 4.78 is 7.13. The number of ether oxygens (including phenoxy) is 1. The van der Waals surface area contributed by atoms with Gasteiger partial charge in [-0.15, -0.1) is 0 Å². The maximum Gasteiger partial charge on any atom is 0.267 e. The van der Waals surface area contributed by atoms with Crippen LogP contribution < -0.4 is 10.1 Å². The Labute approximate surface area is 127 Å². The largest absolute Gasteiger partial charge is 0.494 e. The summed E-state index contributed by atoms with van der Waals surface area (Å²) >= 11 is 0. The number of rotatable bonds is 6. The first-order valence-electron chi connectivity index (χ1n) is 7.12. The van der Waals surface area contributed by atoms with Gasteiger partial charge in [0.15, 0.2) is 0 Å². The van der Waals surface area contributed by atoms with Crippen molar-refractivity contribution >= 4 is 16.8 Å². The standard InChI is InChI=1S/C15H17N5O2/c1-2-22-12-3-4-13-11(7-12)8-14(19-13)15(21)17-5-6-20-10-16-9-18-20/h3-4,7-10,19H,2,5-6H2,1H3,(H,17,21). The minimum atomic E-state index is -0.144. The Morgan fingerprint density at radius 2 is 2.32 bits per heavy atom. The summed E-state index contributed by atoms with van der Waals surface area (Å²) in [7, 11) is 0. The van der Waals surface area contributed by atoms with Crippen LogP contribution in [0.1, 0.15) is 17.4 Å². The van der Waals surface area contributed by atoms with Crippen LogP contribution in [0.5, 0.6) is 5.75 Å². The molecule has 0 fully saturated rings. The van der Waals surface area contributed by atoms with Crippen LogP contribution in [0.2, 0.25) is 0 Å². The highest BCUT2D eigenvalue weighted by Gasteiger charge is 2.09. The first kappa shape index (κ1) is 14.1. The van der Waals surface area contributed by atoms with E-state index >= 15 is 0 Å². The fourth-order valence-electron chi connectivity index (χ4n) is 2.22. The Hall–Kier alpha value is -2.83. The van der Waals surface area contributed by atoms with Crippen molar-refractivity contribution < 1.29 is 9.53 Å². The number of hydrogen-bond acceptors (Lipinski definition) is 4. The van der Waals surface area contributed by atoms with E-state index in [0.29, 0.717) is 25.4 Å². The van der Waals surface area contributed by atoms with Gasteiger partial charge in [0.05, 0.1) is 13.2 Å². The lowest BCUT2D eigenvalue weighted by molar-refractivity contribution is 0.0948. The van der Waals surface area contributed by atoms with Gasteiger partial charge in [0.1, 0.15) is 24.1 Å². The number of H-pyrrole nitrogens is 1. The van der Waals surface area contributed by atoms with E-state index in [4.69, 9.17) is 4.74 Å². The molecule has 0 radical (unpaired) electrons. The molecule has 0 saturated carbocycles. The summed E-state index contributed by atoms with van der Waals surface area (Å²) in [4.78, 5) is 19.1. The minimum absolute atomic E-state index is 0.144. The third kappa shape index (κ3) is 3.08. The van der Waals surface area contributed by atoms with E-state index in [2.05, 4.69) is 20.4 Å². The van der Waals surface area contributed by atoms with Crippen molar-refractivity contribution in [3.8, 4) is 5.75 Å². The molecule has 3 aromatic rings. The molecule has 2 heterocycles. The molecule has 2 N–H and O–H groups in total. The molecule has 0 saturated heterocycles. The molecule has 0 aliphatic rings. The number of aromatic nitrogens is 4. The number of carbonyl (C=O) groups is 1. The van der Waals surface area contributed by atoms with Crippen molar-refractivity contribution in [2.75, 3.05) is 13.2 Å². The van der Waals surface area contributed by atoms with E-state index < -0.39 is 0 Å². The lowest BCUT2D eigenvalue weighted by Crippen LogP contribution is -2.27. The molecule has 2 aromatic heterocycles. The number of hydrogen-bond donors (Lipinski definition) is 2. The highest BCUT2D eigenvalue weighted by molar-refractivity contribution is 5.98. The summed E-state index contributed by atoms with van der Waals surface area (Å²) in [6.45, 7) is 3.63. The summed E-state index contributed by atoms with van der Waals surface area (Å²) in [5.74, 6) is 0.654. The molecule has 0 atom stereocenters. The fraction of sp³-hybridized carbons (Fsp3) is 0.267. The smallest absolute Gasteiger partial charge is 0.267 e. The summed E-state index contributed by atoms with van der Waals surface area (Å²) in [6.07, 6.45) is 3.08. The van der Waals surface area contributed by atoms with Gasteiger partial charge in [-0.3, -0.25) is 9.48 Å². The molecule has 7 nitrogen and oxygen atoms in total. The lowest BCUT2D eigenvalue weighted by Gasteiger charge is -2.03. The molecule has 114 valence electrons. The second-order valence-electron chi connectivity index (χ2n) is 4.78. The van der Waals surface area contributed by atoms with Crippen molar-refractivity contribution in [1.82, 2.24) is 25.1 Å². The molecule has 3 rings (SSSR count). The van der Waals surface area contributed by atoms with E-state index in [0.717, 1.165) is 16.7 Å². The molecule has 0 spiro atoms.